The molecule has 2 aromatic rings. The van der Waals surface area contributed by atoms with Crippen LogP contribution in [0, 0.1) is 17.2 Å². The summed E-state index contributed by atoms with van der Waals surface area (Å²) >= 11 is 12.6. The van der Waals surface area contributed by atoms with Crippen molar-refractivity contribution in [2.75, 3.05) is 5.32 Å². The van der Waals surface area contributed by atoms with Crippen LogP contribution in [0.1, 0.15) is 63.5 Å². The Balaban J connectivity index is 1.53. The molecule has 2 aliphatic rings. The van der Waals surface area contributed by atoms with Crippen molar-refractivity contribution in [2.45, 2.75) is 64.0 Å². The van der Waals surface area contributed by atoms with Gasteiger partial charge < -0.3 is 15.1 Å². The van der Waals surface area contributed by atoms with Gasteiger partial charge in [-0.05, 0) is 49.7 Å². The van der Waals surface area contributed by atoms with E-state index in [4.69, 9.17) is 27.6 Å². The molecule has 1 aromatic carbocycles. The van der Waals surface area contributed by atoms with Crippen molar-refractivity contribution in [2.24, 2.45) is 11.3 Å². The topological polar surface area (TPSA) is 67.2 Å². The van der Waals surface area contributed by atoms with E-state index in [1.165, 1.54) is 18.4 Å². The third kappa shape index (κ3) is 4.30. The number of aromatic nitrogens is 1. The number of nitrogens with one attached hydrogen (secondary N) is 2. The van der Waals surface area contributed by atoms with Crippen molar-refractivity contribution in [1.82, 2.24) is 10.3 Å². The van der Waals surface area contributed by atoms with E-state index in [2.05, 4.69) is 22.5 Å². The van der Waals surface area contributed by atoms with Crippen molar-refractivity contribution in [3.63, 3.8) is 0 Å². The van der Waals surface area contributed by atoms with Crippen LogP contribution >= 0.6 is 23.2 Å². The van der Waals surface area contributed by atoms with Crippen LogP contribution in [0.3, 0.4) is 0 Å². The lowest BCUT2D eigenvalue weighted by molar-refractivity contribution is -0.126. The molecule has 0 radical (unpaired) electrons. The van der Waals surface area contributed by atoms with Crippen LogP contribution in [0.4, 0.5) is 10.4 Å². The fourth-order valence-corrected chi connectivity index (χ4v) is 5.38. The van der Waals surface area contributed by atoms with E-state index in [9.17, 15) is 9.18 Å². The highest BCUT2D eigenvalue weighted by Gasteiger charge is 2.42. The minimum Gasteiger partial charge on any atom is -0.432 e. The average Bonchev–Trinajstić information content (AvgIpc) is 3.47. The van der Waals surface area contributed by atoms with Crippen LogP contribution in [-0.2, 0) is 4.79 Å². The zero-order valence-electron chi connectivity index (χ0n) is 16.9. The average molecular weight is 454 g/mol. The predicted octanol–water partition coefficient (Wildman–Crippen LogP) is 6.14. The number of benzene rings is 1. The van der Waals surface area contributed by atoms with Gasteiger partial charge in [-0.1, -0.05) is 43.0 Å². The summed E-state index contributed by atoms with van der Waals surface area (Å²) in [6.07, 6.45) is 9.26. The standard InChI is InChI=1S/C22H26Cl2FN3O2/c1-22(8-2-3-9-22)19(17-16(25)7-6-15(23)18(17)24)28-20(29)13-4-5-14(12-13)27-21-26-10-11-30-21/h6-7,10-11,13-14,19H,2-5,8-9,12H2,1H3,(H,26,27)(H,28,29)/t13-,14+,19+/m0/s1. The number of oxazole rings is 1. The van der Waals surface area contributed by atoms with Crippen LogP contribution in [0.15, 0.2) is 29.0 Å². The molecule has 0 bridgehead atoms. The molecule has 162 valence electrons. The van der Waals surface area contributed by atoms with Gasteiger partial charge in [0.15, 0.2) is 0 Å². The highest BCUT2D eigenvalue weighted by Crippen LogP contribution is 2.50. The Hall–Kier alpha value is -1.79. The number of hydrogen-bond acceptors (Lipinski definition) is 4. The second kappa shape index (κ2) is 8.75. The fraction of sp³-hybridized carbons (Fsp3) is 0.545. The molecule has 2 fully saturated rings. The van der Waals surface area contributed by atoms with Gasteiger partial charge in [0.05, 0.1) is 22.3 Å². The molecule has 30 heavy (non-hydrogen) atoms. The first kappa shape index (κ1) is 21.4. The lowest BCUT2D eigenvalue weighted by Crippen LogP contribution is -2.41. The van der Waals surface area contributed by atoms with E-state index in [0.717, 1.165) is 38.5 Å². The van der Waals surface area contributed by atoms with Crippen molar-refractivity contribution in [3.8, 4) is 0 Å². The summed E-state index contributed by atoms with van der Waals surface area (Å²) in [5.41, 5.74) is 0.0356. The molecule has 3 atom stereocenters. The number of halogens is 3. The maximum absolute atomic E-state index is 14.9. The first-order chi connectivity index (χ1) is 14.4. The summed E-state index contributed by atoms with van der Waals surface area (Å²) in [5, 5.41) is 6.86. The molecule has 1 amide bonds. The van der Waals surface area contributed by atoms with E-state index in [1.807, 2.05) is 0 Å². The Morgan fingerprint density at radius 2 is 2.07 bits per heavy atom. The van der Waals surface area contributed by atoms with Crippen LogP contribution in [0.5, 0.6) is 0 Å². The highest BCUT2D eigenvalue weighted by atomic mass is 35.5. The predicted molar refractivity (Wildman–Crippen MR) is 115 cm³/mol. The van der Waals surface area contributed by atoms with E-state index >= 15 is 0 Å². The first-order valence-corrected chi connectivity index (χ1v) is 11.2. The Morgan fingerprint density at radius 1 is 1.30 bits per heavy atom. The summed E-state index contributed by atoms with van der Waals surface area (Å²) in [5.74, 6) is -0.663. The maximum atomic E-state index is 14.9. The molecule has 0 saturated heterocycles. The molecular weight excluding hydrogens is 428 g/mol. The number of rotatable bonds is 6. The zero-order valence-corrected chi connectivity index (χ0v) is 18.4. The lowest BCUT2D eigenvalue weighted by atomic mass is 9.76. The van der Waals surface area contributed by atoms with Crippen molar-refractivity contribution in [3.05, 3.63) is 46.0 Å². The van der Waals surface area contributed by atoms with Crippen molar-refractivity contribution < 1.29 is 13.6 Å². The Kier molecular flexibility index (Phi) is 6.26. The summed E-state index contributed by atoms with van der Waals surface area (Å²) in [7, 11) is 0. The normalized spacial score (nSPS) is 24.0. The molecule has 2 saturated carbocycles. The smallest absolute Gasteiger partial charge is 0.294 e. The Labute approximate surface area is 185 Å². The number of carbonyl (C=O) groups excluding carboxylic acids is 1. The minimum atomic E-state index is -0.516. The third-order valence-electron chi connectivity index (χ3n) is 6.66. The van der Waals surface area contributed by atoms with Gasteiger partial charge in [-0.2, -0.15) is 0 Å². The van der Waals surface area contributed by atoms with Gasteiger partial charge in [0.2, 0.25) is 5.91 Å². The fourth-order valence-electron chi connectivity index (χ4n) is 4.95. The summed E-state index contributed by atoms with van der Waals surface area (Å²) in [4.78, 5) is 17.3. The maximum Gasteiger partial charge on any atom is 0.294 e. The molecule has 5 nitrogen and oxygen atoms in total. The third-order valence-corrected chi connectivity index (χ3v) is 7.48. The number of amides is 1. The quantitative estimate of drug-likeness (QED) is 0.515. The second-order valence-corrected chi connectivity index (χ2v) is 9.53. The lowest BCUT2D eigenvalue weighted by Gasteiger charge is -2.36. The summed E-state index contributed by atoms with van der Waals surface area (Å²) in [6.45, 7) is 2.10. The molecule has 1 heterocycles. The van der Waals surface area contributed by atoms with Gasteiger partial charge >= 0.3 is 0 Å². The summed E-state index contributed by atoms with van der Waals surface area (Å²) in [6, 6.07) is 2.84. The van der Waals surface area contributed by atoms with E-state index < -0.39 is 11.9 Å². The monoisotopic (exact) mass is 453 g/mol. The molecular formula is C22H26Cl2FN3O2. The molecule has 8 heteroatoms. The molecule has 1 aromatic heterocycles. The molecule has 4 rings (SSSR count). The van der Waals surface area contributed by atoms with E-state index in [0.29, 0.717) is 23.0 Å². The number of nitrogens with zero attached hydrogens (tertiary/aromatic N) is 1. The largest absolute Gasteiger partial charge is 0.432 e. The molecule has 2 N–H and O–H groups in total. The van der Waals surface area contributed by atoms with Crippen LogP contribution in [0.25, 0.3) is 0 Å². The van der Waals surface area contributed by atoms with Crippen LogP contribution in [0.2, 0.25) is 10.0 Å². The Bertz CT molecular complexity index is 900. The van der Waals surface area contributed by atoms with E-state index in [-0.39, 0.29) is 28.3 Å². The van der Waals surface area contributed by atoms with Gasteiger partial charge in [-0.3, -0.25) is 4.79 Å². The second-order valence-electron chi connectivity index (χ2n) is 8.75. The van der Waals surface area contributed by atoms with Gasteiger partial charge in [-0.25, -0.2) is 9.37 Å². The minimum absolute atomic E-state index is 0.0692. The summed E-state index contributed by atoms with van der Waals surface area (Å²) < 4.78 is 20.1. The first-order valence-electron chi connectivity index (χ1n) is 10.5. The highest BCUT2D eigenvalue weighted by molar-refractivity contribution is 6.42. The number of carbonyl (C=O) groups is 1. The van der Waals surface area contributed by atoms with Crippen LogP contribution < -0.4 is 10.6 Å². The van der Waals surface area contributed by atoms with Crippen molar-refractivity contribution >= 4 is 35.1 Å². The van der Waals surface area contributed by atoms with Crippen LogP contribution in [-0.4, -0.2) is 16.9 Å². The number of hydrogen-bond donors (Lipinski definition) is 2. The van der Waals surface area contributed by atoms with Crippen molar-refractivity contribution in [1.29, 1.82) is 0 Å². The molecule has 2 aliphatic carbocycles. The van der Waals surface area contributed by atoms with E-state index in [1.54, 1.807) is 6.20 Å². The Morgan fingerprint density at radius 3 is 2.77 bits per heavy atom. The zero-order chi connectivity index (χ0) is 21.3. The van der Waals surface area contributed by atoms with Gasteiger partial charge in [0, 0.05) is 17.5 Å². The number of anilines is 1. The molecule has 0 unspecified atom stereocenters. The van der Waals surface area contributed by atoms with Gasteiger partial charge in [-0.15, -0.1) is 0 Å². The van der Waals surface area contributed by atoms with Gasteiger partial charge in [0.25, 0.3) is 6.01 Å². The SMILES string of the molecule is CC1([C@H](NC(=O)[C@H]2CC[C@@H](Nc3ncco3)C2)c2c(F)ccc(Cl)c2Cl)CCCC1. The molecule has 0 aliphatic heterocycles. The molecule has 0 spiro atoms. The van der Waals surface area contributed by atoms with Gasteiger partial charge in [0.1, 0.15) is 12.1 Å².